The second-order valence-electron chi connectivity index (χ2n) is 5.46. The Bertz CT molecular complexity index is 405. The maximum atomic E-state index is 13.1. The van der Waals surface area contributed by atoms with E-state index in [1.165, 1.54) is 11.6 Å². The van der Waals surface area contributed by atoms with Crippen molar-refractivity contribution in [3.8, 4) is 0 Å². The molecule has 1 aromatic carbocycles. The summed E-state index contributed by atoms with van der Waals surface area (Å²) in [5.74, 6) is 0.340. The Morgan fingerprint density at radius 3 is 2.89 bits per heavy atom. The quantitative estimate of drug-likeness (QED) is 0.843. The number of benzene rings is 1. The van der Waals surface area contributed by atoms with Crippen molar-refractivity contribution in [2.45, 2.75) is 45.2 Å². The van der Waals surface area contributed by atoms with Crippen LogP contribution < -0.4 is 5.32 Å². The number of hydrogen-bond acceptors (Lipinski definition) is 2. The number of aliphatic hydroxyl groups excluding tert-OH is 1. The van der Waals surface area contributed by atoms with Gasteiger partial charge in [0.1, 0.15) is 5.82 Å². The lowest BCUT2D eigenvalue weighted by atomic mass is 9.98. The second-order valence-corrected chi connectivity index (χ2v) is 5.46. The van der Waals surface area contributed by atoms with Gasteiger partial charge in [-0.2, -0.15) is 0 Å². The first-order valence-corrected chi connectivity index (χ1v) is 6.77. The Hall–Kier alpha value is -0.930. The van der Waals surface area contributed by atoms with Crippen molar-refractivity contribution in [2.75, 3.05) is 6.61 Å². The van der Waals surface area contributed by atoms with Crippen LogP contribution in [0.4, 0.5) is 4.39 Å². The van der Waals surface area contributed by atoms with Gasteiger partial charge in [-0.15, -0.1) is 0 Å². The van der Waals surface area contributed by atoms with Crippen molar-refractivity contribution in [3.05, 3.63) is 35.1 Å². The number of nitrogens with one attached hydrogen (secondary N) is 1. The summed E-state index contributed by atoms with van der Waals surface area (Å²) in [5, 5.41) is 12.7. The zero-order valence-electron chi connectivity index (χ0n) is 11.1. The van der Waals surface area contributed by atoms with Crippen LogP contribution in [0.25, 0.3) is 0 Å². The van der Waals surface area contributed by atoms with Crippen molar-refractivity contribution < 1.29 is 9.50 Å². The molecule has 1 aliphatic carbocycles. The van der Waals surface area contributed by atoms with E-state index < -0.39 is 0 Å². The highest BCUT2D eigenvalue weighted by molar-refractivity contribution is 5.35. The summed E-state index contributed by atoms with van der Waals surface area (Å²) in [4.78, 5) is 0. The van der Waals surface area contributed by atoms with Crippen LogP contribution in [0, 0.1) is 11.7 Å². The van der Waals surface area contributed by atoms with Crippen LogP contribution in [0.1, 0.15) is 43.9 Å². The van der Waals surface area contributed by atoms with Crippen molar-refractivity contribution >= 4 is 0 Å². The van der Waals surface area contributed by atoms with E-state index >= 15 is 0 Å². The molecule has 2 unspecified atom stereocenters. The average molecular weight is 251 g/mol. The van der Waals surface area contributed by atoms with Gasteiger partial charge in [-0.3, -0.25) is 0 Å². The van der Waals surface area contributed by atoms with Crippen LogP contribution >= 0.6 is 0 Å². The third-order valence-electron chi connectivity index (χ3n) is 3.84. The Morgan fingerprint density at radius 1 is 1.44 bits per heavy atom. The minimum absolute atomic E-state index is 0.148. The standard InChI is InChI=1S/C15H22FNO/c1-10(2)14(7-8-18)17-15-6-3-11-9-12(16)4-5-13(11)15/h4-5,9-10,14-15,17-18H,3,6-8H2,1-2H3. The summed E-state index contributed by atoms with van der Waals surface area (Å²) < 4.78 is 13.1. The predicted molar refractivity (Wildman–Crippen MR) is 70.9 cm³/mol. The zero-order valence-corrected chi connectivity index (χ0v) is 11.1. The Morgan fingerprint density at radius 2 is 2.22 bits per heavy atom. The van der Waals surface area contributed by atoms with E-state index in [-0.39, 0.29) is 12.4 Å². The van der Waals surface area contributed by atoms with Crippen molar-refractivity contribution in [1.82, 2.24) is 5.32 Å². The molecular formula is C15H22FNO. The molecule has 0 aromatic heterocycles. The summed E-state index contributed by atoms with van der Waals surface area (Å²) >= 11 is 0. The Balaban J connectivity index is 2.08. The molecule has 100 valence electrons. The molecule has 2 rings (SSSR count). The van der Waals surface area contributed by atoms with Gasteiger partial charge in [0.05, 0.1) is 0 Å². The third kappa shape index (κ3) is 2.90. The molecule has 3 heteroatoms. The zero-order chi connectivity index (χ0) is 13.1. The molecule has 0 spiro atoms. The van der Waals surface area contributed by atoms with Crippen LogP contribution in [0.3, 0.4) is 0 Å². The number of fused-ring (bicyclic) bond motifs is 1. The topological polar surface area (TPSA) is 32.3 Å². The molecule has 2 atom stereocenters. The summed E-state index contributed by atoms with van der Waals surface area (Å²) in [6.45, 7) is 4.53. The molecule has 0 amide bonds. The van der Waals surface area contributed by atoms with Gasteiger partial charge in [0.15, 0.2) is 0 Å². The van der Waals surface area contributed by atoms with Gasteiger partial charge in [-0.1, -0.05) is 19.9 Å². The first kappa shape index (κ1) is 13.5. The summed E-state index contributed by atoms with van der Waals surface area (Å²) in [5.41, 5.74) is 2.35. The van der Waals surface area contributed by atoms with E-state index in [1.807, 2.05) is 6.07 Å². The lowest BCUT2D eigenvalue weighted by molar-refractivity contribution is 0.234. The van der Waals surface area contributed by atoms with Crippen LogP contribution in [0.15, 0.2) is 18.2 Å². The monoisotopic (exact) mass is 251 g/mol. The molecule has 0 radical (unpaired) electrons. The minimum atomic E-state index is -0.148. The average Bonchev–Trinajstić information content (AvgIpc) is 2.71. The fourth-order valence-corrected chi connectivity index (χ4v) is 2.77. The maximum absolute atomic E-state index is 13.1. The van der Waals surface area contributed by atoms with Gasteiger partial charge in [0.2, 0.25) is 0 Å². The lowest BCUT2D eigenvalue weighted by Gasteiger charge is -2.26. The molecule has 0 fully saturated rings. The van der Waals surface area contributed by atoms with E-state index in [4.69, 9.17) is 5.11 Å². The largest absolute Gasteiger partial charge is 0.396 e. The van der Waals surface area contributed by atoms with Gasteiger partial charge in [-0.05, 0) is 48.4 Å². The molecule has 0 bridgehead atoms. The van der Waals surface area contributed by atoms with Crippen LogP contribution in [-0.2, 0) is 6.42 Å². The van der Waals surface area contributed by atoms with Crippen molar-refractivity contribution in [1.29, 1.82) is 0 Å². The fraction of sp³-hybridized carbons (Fsp3) is 0.600. The molecule has 18 heavy (non-hydrogen) atoms. The Kier molecular flexibility index (Phi) is 4.36. The molecule has 0 aliphatic heterocycles. The number of hydrogen-bond donors (Lipinski definition) is 2. The van der Waals surface area contributed by atoms with Crippen LogP contribution in [-0.4, -0.2) is 17.8 Å². The fourth-order valence-electron chi connectivity index (χ4n) is 2.77. The number of aliphatic hydroxyl groups is 1. The minimum Gasteiger partial charge on any atom is -0.396 e. The summed E-state index contributed by atoms with van der Waals surface area (Å²) in [7, 11) is 0. The van der Waals surface area contributed by atoms with Crippen LogP contribution in [0.5, 0.6) is 0 Å². The normalized spacial score (nSPS) is 20.2. The van der Waals surface area contributed by atoms with Gasteiger partial charge in [0, 0.05) is 18.7 Å². The summed E-state index contributed by atoms with van der Waals surface area (Å²) in [6, 6.07) is 5.70. The maximum Gasteiger partial charge on any atom is 0.123 e. The molecular weight excluding hydrogens is 229 g/mol. The molecule has 2 nitrogen and oxygen atoms in total. The smallest absolute Gasteiger partial charge is 0.123 e. The molecule has 0 heterocycles. The molecule has 0 saturated carbocycles. The van der Waals surface area contributed by atoms with Crippen molar-refractivity contribution in [3.63, 3.8) is 0 Å². The molecule has 1 aromatic rings. The molecule has 1 aliphatic rings. The highest BCUT2D eigenvalue weighted by Gasteiger charge is 2.25. The predicted octanol–water partition coefficient (Wildman–Crippen LogP) is 2.81. The summed E-state index contributed by atoms with van der Waals surface area (Å²) in [6.07, 6.45) is 2.73. The van der Waals surface area contributed by atoms with E-state index in [0.717, 1.165) is 24.8 Å². The molecule has 2 N–H and O–H groups in total. The Labute approximate surface area is 108 Å². The van der Waals surface area contributed by atoms with Gasteiger partial charge >= 0.3 is 0 Å². The highest BCUT2D eigenvalue weighted by atomic mass is 19.1. The second kappa shape index (κ2) is 5.81. The third-order valence-corrected chi connectivity index (χ3v) is 3.84. The molecule has 0 saturated heterocycles. The van der Waals surface area contributed by atoms with Gasteiger partial charge in [-0.25, -0.2) is 4.39 Å². The van der Waals surface area contributed by atoms with E-state index in [1.54, 1.807) is 6.07 Å². The van der Waals surface area contributed by atoms with Gasteiger partial charge < -0.3 is 10.4 Å². The van der Waals surface area contributed by atoms with Crippen molar-refractivity contribution in [2.24, 2.45) is 5.92 Å². The number of halogens is 1. The number of rotatable bonds is 5. The van der Waals surface area contributed by atoms with E-state index in [9.17, 15) is 4.39 Å². The lowest BCUT2D eigenvalue weighted by Crippen LogP contribution is -2.36. The van der Waals surface area contributed by atoms with E-state index in [2.05, 4.69) is 19.2 Å². The highest BCUT2D eigenvalue weighted by Crippen LogP contribution is 2.32. The van der Waals surface area contributed by atoms with Gasteiger partial charge in [0.25, 0.3) is 0 Å². The van der Waals surface area contributed by atoms with Crippen LogP contribution in [0.2, 0.25) is 0 Å². The SMILES string of the molecule is CC(C)C(CCO)NC1CCc2cc(F)ccc21. The van der Waals surface area contributed by atoms with E-state index in [0.29, 0.717) is 18.0 Å². The first-order valence-electron chi connectivity index (χ1n) is 6.77. The first-order chi connectivity index (χ1) is 8.61. The number of aryl methyl sites for hydroxylation is 1.